The summed E-state index contributed by atoms with van der Waals surface area (Å²) in [6.45, 7) is 5.30. The number of ether oxygens (including phenoxy) is 2. The molecule has 8 rings (SSSR count). The second-order valence-corrected chi connectivity index (χ2v) is 13.2. The van der Waals surface area contributed by atoms with Gasteiger partial charge in [-0.15, -0.1) is 0 Å². The Balaban J connectivity index is 1.27. The van der Waals surface area contributed by atoms with E-state index in [0.717, 1.165) is 45.3 Å². The number of pyridine rings is 1. The molecule has 6 heterocycles. The van der Waals surface area contributed by atoms with E-state index in [4.69, 9.17) is 14.5 Å². The maximum Gasteiger partial charge on any atom is 0.319 e. The summed E-state index contributed by atoms with van der Waals surface area (Å²) in [6.07, 6.45) is 6.01. The smallest absolute Gasteiger partial charge is 0.319 e. The van der Waals surface area contributed by atoms with Crippen molar-refractivity contribution < 1.29 is 27.8 Å². The lowest BCUT2D eigenvalue weighted by Gasteiger charge is -2.48. The normalized spacial score (nSPS) is 26.6. The lowest BCUT2D eigenvalue weighted by atomic mass is 9.86. The Kier molecular flexibility index (Phi) is 6.83. The van der Waals surface area contributed by atoms with Crippen molar-refractivity contribution in [2.45, 2.75) is 69.2 Å². The van der Waals surface area contributed by atoms with Crippen LogP contribution < -0.4 is 9.64 Å². The van der Waals surface area contributed by atoms with E-state index in [1.165, 1.54) is 18.2 Å². The van der Waals surface area contributed by atoms with Gasteiger partial charge in [0, 0.05) is 44.2 Å². The number of phenols is 1. The number of anilines is 1. The molecule has 0 saturated carbocycles. The van der Waals surface area contributed by atoms with E-state index in [9.17, 15) is 13.9 Å². The minimum absolute atomic E-state index is 0.0206. The van der Waals surface area contributed by atoms with Crippen LogP contribution in [0, 0.1) is 11.6 Å². The first kappa shape index (κ1) is 28.8. The number of alkyl halides is 1. The minimum Gasteiger partial charge on any atom is -0.508 e. The summed E-state index contributed by atoms with van der Waals surface area (Å²) in [7, 11) is 0. The molecular formula is C34H36F3N5O3. The molecule has 4 saturated heterocycles. The number of benzene rings is 2. The SMILES string of the molecule is CCc1c(F)ccc2cc(O)cc(-c3ncc4c(N5CCC[C@]6(CCO6)C5)nc(OC[C@@]56CCCN5C[C@H](F)C6)nc4c3F)c12. The second kappa shape index (κ2) is 10.7. The van der Waals surface area contributed by atoms with Crippen LogP contribution in [0.1, 0.15) is 51.0 Å². The molecule has 4 aromatic rings. The van der Waals surface area contributed by atoms with Crippen molar-refractivity contribution in [3.8, 4) is 23.0 Å². The first-order valence-electron chi connectivity index (χ1n) is 16.0. The molecule has 2 aromatic carbocycles. The summed E-state index contributed by atoms with van der Waals surface area (Å²) >= 11 is 0. The quantitative estimate of drug-likeness (QED) is 0.277. The molecule has 2 aromatic heterocycles. The standard InChI is InChI=1S/C34H36F3N5O3/c1-2-23-26(36)6-5-20-13-22(43)14-24(27(20)23)29-28(37)30-25(16-38-29)31(41-10-4-8-34(18-41)9-12-45-34)40-32(39-30)44-19-33-7-3-11-42(33)17-21(35)15-33/h5-6,13-14,16,21,43H,2-4,7-12,15,17-19H2,1H3/t21-,33+,34+/m1/s1. The number of fused-ring (bicyclic) bond motifs is 3. The molecule has 1 N–H and O–H groups in total. The summed E-state index contributed by atoms with van der Waals surface area (Å²) < 4.78 is 58.5. The second-order valence-electron chi connectivity index (χ2n) is 13.2. The van der Waals surface area contributed by atoms with Gasteiger partial charge in [0.2, 0.25) is 0 Å². The van der Waals surface area contributed by atoms with Crippen LogP contribution in [-0.2, 0) is 11.2 Å². The van der Waals surface area contributed by atoms with Gasteiger partial charge in [-0.1, -0.05) is 13.0 Å². The highest BCUT2D eigenvalue weighted by Gasteiger charge is 2.49. The number of nitrogens with zero attached hydrogens (tertiary/aromatic N) is 5. The van der Waals surface area contributed by atoms with Crippen LogP contribution in [0.5, 0.6) is 11.8 Å². The lowest BCUT2D eigenvalue weighted by Crippen LogP contribution is -2.56. The van der Waals surface area contributed by atoms with Crippen molar-refractivity contribution in [1.29, 1.82) is 0 Å². The van der Waals surface area contributed by atoms with Crippen LogP contribution >= 0.6 is 0 Å². The van der Waals surface area contributed by atoms with Crippen molar-refractivity contribution >= 4 is 27.5 Å². The summed E-state index contributed by atoms with van der Waals surface area (Å²) in [5.41, 5.74) is 0.00835. The third-order valence-electron chi connectivity index (χ3n) is 10.4. The average Bonchev–Trinajstić information content (AvgIpc) is 3.55. The van der Waals surface area contributed by atoms with Crippen molar-refractivity contribution in [3.05, 3.63) is 47.7 Å². The van der Waals surface area contributed by atoms with Crippen molar-refractivity contribution in [1.82, 2.24) is 19.9 Å². The monoisotopic (exact) mass is 619 g/mol. The van der Waals surface area contributed by atoms with Gasteiger partial charge in [0.15, 0.2) is 5.82 Å². The third-order valence-corrected chi connectivity index (χ3v) is 10.4. The molecule has 8 nitrogen and oxygen atoms in total. The Morgan fingerprint density at radius 3 is 2.76 bits per heavy atom. The van der Waals surface area contributed by atoms with Crippen LogP contribution in [0.2, 0.25) is 0 Å². The van der Waals surface area contributed by atoms with E-state index in [-0.39, 0.29) is 40.7 Å². The van der Waals surface area contributed by atoms with Gasteiger partial charge in [-0.05, 0) is 73.2 Å². The van der Waals surface area contributed by atoms with Gasteiger partial charge in [-0.25, -0.2) is 13.2 Å². The molecule has 0 amide bonds. The number of phenolic OH excluding ortho intramolecular Hbond substituents is 1. The van der Waals surface area contributed by atoms with E-state index in [0.29, 0.717) is 60.0 Å². The van der Waals surface area contributed by atoms with E-state index in [2.05, 4.69) is 19.8 Å². The van der Waals surface area contributed by atoms with Crippen molar-refractivity contribution in [2.75, 3.05) is 44.3 Å². The summed E-state index contributed by atoms with van der Waals surface area (Å²) in [5.74, 6) is -0.684. The molecule has 4 fully saturated rings. The summed E-state index contributed by atoms with van der Waals surface area (Å²) in [5, 5.41) is 12.1. The Labute approximate surface area is 259 Å². The molecule has 3 atom stereocenters. The Morgan fingerprint density at radius 1 is 1.11 bits per heavy atom. The average molecular weight is 620 g/mol. The first-order valence-corrected chi connectivity index (χ1v) is 16.0. The number of rotatable bonds is 6. The van der Waals surface area contributed by atoms with Gasteiger partial charge in [0.1, 0.15) is 41.4 Å². The van der Waals surface area contributed by atoms with Gasteiger partial charge in [-0.2, -0.15) is 9.97 Å². The fourth-order valence-corrected chi connectivity index (χ4v) is 8.19. The molecular weight excluding hydrogens is 583 g/mol. The van der Waals surface area contributed by atoms with E-state index in [1.807, 2.05) is 6.92 Å². The number of aromatic hydroxyl groups is 1. The highest BCUT2D eigenvalue weighted by Crippen LogP contribution is 2.43. The van der Waals surface area contributed by atoms with Gasteiger partial charge >= 0.3 is 6.01 Å². The Morgan fingerprint density at radius 2 is 1.96 bits per heavy atom. The molecule has 45 heavy (non-hydrogen) atoms. The zero-order chi connectivity index (χ0) is 30.9. The van der Waals surface area contributed by atoms with Crippen LogP contribution in [0.15, 0.2) is 30.5 Å². The van der Waals surface area contributed by atoms with Crippen LogP contribution in [0.25, 0.3) is 32.9 Å². The number of hydrogen-bond acceptors (Lipinski definition) is 8. The predicted molar refractivity (Wildman–Crippen MR) is 165 cm³/mol. The Bertz CT molecular complexity index is 1820. The maximum absolute atomic E-state index is 16.8. The fourth-order valence-electron chi connectivity index (χ4n) is 8.19. The number of piperidine rings is 1. The van der Waals surface area contributed by atoms with Gasteiger partial charge < -0.3 is 19.5 Å². The van der Waals surface area contributed by atoms with Crippen LogP contribution in [-0.4, -0.2) is 81.7 Å². The number of aryl methyl sites for hydroxylation is 1. The predicted octanol–water partition coefficient (Wildman–Crippen LogP) is 6.11. The zero-order valence-electron chi connectivity index (χ0n) is 25.3. The summed E-state index contributed by atoms with van der Waals surface area (Å²) in [6, 6.07) is 5.90. The molecule has 0 aliphatic carbocycles. The highest BCUT2D eigenvalue weighted by molar-refractivity contribution is 6.01. The largest absolute Gasteiger partial charge is 0.508 e. The number of hydrogen-bond donors (Lipinski definition) is 1. The molecule has 11 heteroatoms. The molecule has 4 aliphatic heterocycles. The Hall–Kier alpha value is -3.70. The fraction of sp³-hybridized carbons (Fsp3) is 0.500. The topological polar surface area (TPSA) is 83.8 Å². The summed E-state index contributed by atoms with van der Waals surface area (Å²) in [4.78, 5) is 18.2. The van der Waals surface area contributed by atoms with Crippen LogP contribution in [0.4, 0.5) is 19.0 Å². The van der Waals surface area contributed by atoms with Crippen molar-refractivity contribution in [3.63, 3.8) is 0 Å². The van der Waals surface area contributed by atoms with Gasteiger partial charge in [0.05, 0.1) is 23.1 Å². The molecule has 236 valence electrons. The molecule has 0 radical (unpaired) electrons. The maximum atomic E-state index is 16.8. The minimum atomic E-state index is -0.907. The molecule has 0 unspecified atom stereocenters. The first-order chi connectivity index (χ1) is 21.8. The molecule has 4 aliphatic rings. The van der Waals surface area contributed by atoms with Crippen LogP contribution in [0.3, 0.4) is 0 Å². The van der Waals surface area contributed by atoms with Gasteiger partial charge in [-0.3, -0.25) is 9.88 Å². The molecule has 0 bridgehead atoms. The lowest BCUT2D eigenvalue weighted by molar-refractivity contribution is -0.151. The molecule has 1 spiro atoms. The van der Waals surface area contributed by atoms with E-state index < -0.39 is 23.3 Å². The number of aromatic nitrogens is 3. The van der Waals surface area contributed by atoms with E-state index in [1.54, 1.807) is 12.3 Å². The number of halogens is 3. The van der Waals surface area contributed by atoms with Gasteiger partial charge in [0.25, 0.3) is 0 Å². The van der Waals surface area contributed by atoms with Crippen molar-refractivity contribution in [2.24, 2.45) is 0 Å². The third kappa shape index (κ3) is 4.69. The zero-order valence-corrected chi connectivity index (χ0v) is 25.3. The van der Waals surface area contributed by atoms with E-state index >= 15 is 4.39 Å². The highest BCUT2D eigenvalue weighted by atomic mass is 19.1.